The van der Waals surface area contributed by atoms with Gasteiger partial charge in [-0.3, -0.25) is 9.69 Å². The van der Waals surface area contributed by atoms with Crippen LogP contribution in [0.15, 0.2) is 61.1 Å². The molecule has 0 saturated heterocycles. The van der Waals surface area contributed by atoms with Gasteiger partial charge in [-0.25, -0.2) is 4.98 Å². The highest BCUT2D eigenvalue weighted by molar-refractivity contribution is 5.77. The van der Waals surface area contributed by atoms with Gasteiger partial charge in [0.1, 0.15) is 5.75 Å². The maximum absolute atomic E-state index is 12.2. The summed E-state index contributed by atoms with van der Waals surface area (Å²) in [6, 6.07) is 15.9. The number of hydrogen-bond acceptors (Lipinski definition) is 5. The first-order valence-electron chi connectivity index (χ1n) is 10.5. The molecule has 31 heavy (non-hydrogen) atoms. The van der Waals surface area contributed by atoms with Crippen LogP contribution in [0.4, 0.5) is 0 Å². The second-order valence-corrected chi connectivity index (χ2v) is 7.95. The van der Waals surface area contributed by atoms with Crippen molar-refractivity contribution in [3.63, 3.8) is 0 Å². The molecule has 1 aromatic heterocycles. The number of benzene rings is 2. The van der Waals surface area contributed by atoms with Crippen LogP contribution < -0.4 is 10.1 Å². The predicted molar refractivity (Wildman–Crippen MR) is 119 cm³/mol. The van der Waals surface area contributed by atoms with Gasteiger partial charge in [0.15, 0.2) is 6.61 Å². The van der Waals surface area contributed by atoms with E-state index < -0.39 is 6.10 Å². The van der Waals surface area contributed by atoms with E-state index in [0.29, 0.717) is 12.3 Å². The van der Waals surface area contributed by atoms with Crippen molar-refractivity contribution in [2.75, 3.05) is 26.2 Å². The number of carbonyl (C=O) groups excluding carboxylic acids is 1. The first-order valence-corrected chi connectivity index (χ1v) is 10.5. The number of fused-ring (bicyclic) bond motifs is 1. The molecule has 7 heteroatoms. The Kier molecular flexibility index (Phi) is 6.64. The number of carbonyl (C=O) groups is 1. The molecular formula is C24H28N4O3. The van der Waals surface area contributed by atoms with Crippen LogP contribution in [-0.4, -0.2) is 57.8 Å². The van der Waals surface area contributed by atoms with Crippen LogP contribution in [0.2, 0.25) is 0 Å². The summed E-state index contributed by atoms with van der Waals surface area (Å²) in [5.41, 5.74) is 4.47. The fourth-order valence-electron chi connectivity index (χ4n) is 3.81. The SMILES string of the molecule is Cn1cnc(-c2cccc(OCC(=O)NC[C@@H](O)CN3CCc4ccccc4C3)c2)c1. The number of nitrogens with one attached hydrogen (secondary N) is 1. The third kappa shape index (κ3) is 5.71. The number of hydrogen-bond donors (Lipinski definition) is 2. The minimum Gasteiger partial charge on any atom is -0.484 e. The number of aromatic nitrogens is 2. The van der Waals surface area contributed by atoms with Gasteiger partial charge in [0.25, 0.3) is 5.91 Å². The average molecular weight is 421 g/mol. The van der Waals surface area contributed by atoms with E-state index in [4.69, 9.17) is 4.74 Å². The number of amides is 1. The maximum atomic E-state index is 12.2. The Hall–Kier alpha value is -3.16. The van der Waals surface area contributed by atoms with E-state index in [9.17, 15) is 9.90 Å². The van der Waals surface area contributed by atoms with Gasteiger partial charge in [0.2, 0.25) is 0 Å². The van der Waals surface area contributed by atoms with Crippen LogP contribution in [0, 0.1) is 0 Å². The predicted octanol–water partition coefficient (Wildman–Crippen LogP) is 2.00. The Balaban J connectivity index is 1.20. The third-order valence-corrected chi connectivity index (χ3v) is 5.42. The third-order valence-electron chi connectivity index (χ3n) is 5.42. The van der Waals surface area contributed by atoms with Crippen LogP contribution in [-0.2, 0) is 24.8 Å². The summed E-state index contributed by atoms with van der Waals surface area (Å²) in [7, 11) is 1.92. The van der Waals surface area contributed by atoms with Crippen LogP contribution in [0.1, 0.15) is 11.1 Å². The van der Waals surface area contributed by atoms with E-state index in [2.05, 4.69) is 33.4 Å². The lowest BCUT2D eigenvalue weighted by molar-refractivity contribution is -0.123. The molecule has 1 atom stereocenters. The lowest BCUT2D eigenvalue weighted by atomic mass is 10.00. The average Bonchev–Trinajstić information content (AvgIpc) is 3.23. The first kappa shape index (κ1) is 21.1. The molecule has 0 radical (unpaired) electrons. The summed E-state index contributed by atoms with van der Waals surface area (Å²) in [6.07, 6.45) is 4.03. The monoisotopic (exact) mass is 420 g/mol. The quantitative estimate of drug-likeness (QED) is 0.583. The molecule has 0 saturated carbocycles. The zero-order valence-corrected chi connectivity index (χ0v) is 17.7. The molecule has 1 amide bonds. The summed E-state index contributed by atoms with van der Waals surface area (Å²) in [4.78, 5) is 18.7. The largest absolute Gasteiger partial charge is 0.484 e. The summed E-state index contributed by atoms with van der Waals surface area (Å²) in [6.45, 7) is 2.38. The van der Waals surface area contributed by atoms with E-state index >= 15 is 0 Å². The van der Waals surface area contributed by atoms with E-state index in [1.54, 1.807) is 6.33 Å². The lowest BCUT2D eigenvalue weighted by Gasteiger charge is -2.30. The molecule has 0 fully saturated rings. The van der Waals surface area contributed by atoms with Gasteiger partial charge >= 0.3 is 0 Å². The molecule has 162 valence electrons. The molecule has 0 unspecified atom stereocenters. The van der Waals surface area contributed by atoms with Crippen molar-refractivity contribution in [3.8, 4) is 17.0 Å². The normalized spacial score (nSPS) is 14.6. The topological polar surface area (TPSA) is 79.6 Å². The standard InChI is InChI=1S/C24H28N4O3/c1-27-15-23(26-17-27)19-7-4-8-22(11-19)31-16-24(30)25-12-21(29)14-28-10-9-18-5-2-3-6-20(18)13-28/h2-8,11,15,17,21,29H,9-10,12-14,16H2,1H3,(H,25,30)/t21-/m1/s1. The number of rotatable bonds is 8. The van der Waals surface area contributed by atoms with Crippen molar-refractivity contribution in [2.45, 2.75) is 19.1 Å². The molecule has 0 aliphatic carbocycles. The van der Waals surface area contributed by atoms with Gasteiger partial charge in [-0.1, -0.05) is 36.4 Å². The van der Waals surface area contributed by atoms with Gasteiger partial charge in [-0.2, -0.15) is 0 Å². The van der Waals surface area contributed by atoms with Crippen molar-refractivity contribution in [3.05, 3.63) is 72.2 Å². The summed E-state index contributed by atoms with van der Waals surface area (Å²) >= 11 is 0. The number of aliphatic hydroxyl groups excluding tert-OH is 1. The summed E-state index contributed by atoms with van der Waals surface area (Å²) < 4.78 is 7.50. The number of β-amino-alcohol motifs (C(OH)–C–C–N with tert-alkyl or cyclic N) is 1. The Labute approximate surface area is 182 Å². The van der Waals surface area contributed by atoms with E-state index in [-0.39, 0.29) is 19.1 Å². The first-order chi connectivity index (χ1) is 15.1. The molecule has 0 bridgehead atoms. The van der Waals surface area contributed by atoms with Crippen LogP contribution in [0.3, 0.4) is 0 Å². The molecule has 7 nitrogen and oxygen atoms in total. The van der Waals surface area contributed by atoms with Crippen LogP contribution in [0.25, 0.3) is 11.3 Å². The van der Waals surface area contributed by atoms with Gasteiger partial charge in [0, 0.05) is 45.0 Å². The molecule has 3 aromatic rings. The highest BCUT2D eigenvalue weighted by Gasteiger charge is 2.18. The fraction of sp³-hybridized carbons (Fsp3) is 0.333. The van der Waals surface area contributed by atoms with Gasteiger partial charge < -0.3 is 19.7 Å². The van der Waals surface area contributed by atoms with Crippen molar-refractivity contribution in [2.24, 2.45) is 7.05 Å². The number of imidazole rings is 1. The van der Waals surface area contributed by atoms with Crippen LogP contribution in [0.5, 0.6) is 5.75 Å². The van der Waals surface area contributed by atoms with Crippen molar-refractivity contribution in [1.29, 1.82) is 0 Å². The minimum atomic E-state index is -0.623. The van der Waals surface area contributed by atoms with Crippen molar-refractivity contribution < 1.29 is 14.6 Å². The summed E-state index contributed by atoms with van der Waals surface area (Å²) in [5.74, 6) is 0.345. The van der Waals surface area contributed by atoms with E-state index in [1.807, 2.05) is 48.1 Å². The second kappa shape index (κ2) is 9.76. The van der Waals surface area contributed by atoms with E-state index in [0.717, 1.165) is 30.8 Å². The Morgan fingerprint density at radius 2 is 2.06 bits per heavy atom. The Morgan fingerprint density at radius 1 is 1.23 bits per heavy atom. The highest BCUT2D eigenvalue weighted by atomic mass is 16.5. The molecule has 4 rings (SSSR count). The molecule has 1 aliphatic rings. The number of nitrogens with zero attached hydrogens (tertiary/aromatic N) is 3. The number of aryl methyl sites for hydroxylation is 1. The molecule has 2 N–H and O–H groups in total. The second-order valence-electron chi connectivity index (χ2n) is 7.95. The molecule has 0 spiro atoms. The maximum Gasteiger partial charge on any atom is 0.258 e. The molecule has 2 heterocycles. The highest BCUT2D eigenvalue weighted by Crippen LogP contribution is 2.22. The van der Waals surface area contributed by atoms with Gasteiger partial charge in [-0.15, -0.1) is 0 Å². The zero-order valence-electron chi connectivity index (χ0n) is 17.7. The number of ether oxygens (including phenoxy) is 1. The molecular weight excluding hydrogens is 392 g/mol. The Bertz CT molecular complexity index is 1030. The van der Waals surface area contributed by atoms with Crippen molar-refractivity contribution in [1.82, 2.24) is 19.8 Å². The number of aliphatic hydroxyl groups is 1. The fourth-order valence-corrected chi connectivity index (χ4v) is 3.81. The lowest BCUT2D eigenvalue weighted by Crippen LogP contribution is -2.42. The molecule has 2 aromatic carbocycles. The van der Waals surface area contributed by atoms with Crippen molar-refractivity contribution >= 4 is 5.91 Å². The van der Waals surface area contributed by atoms with Gasteiger partial charge in [-0.05, 0) is 29.7 Å². The summed E-state index contributed by atoms with van der Waals surface area (Å²) in [5, 5.41) is 13.1. The van der Waals surface area contributed by atoms with E-state index in [1.165, 1.54) is 11.1 Å². The van der Waals surface area contributed by atoms with Crippen LogP contribution >= 0.6 is 0 Å². The minimum absolute atomic E-state index is 0.102. The Morgan fingerprint density at radius 3 is 2.87 bits per heavy atom. The smallest absolute Gasteiger partial charge is 0.258 e. The zero-order chi connectivity index (χ0) is 21.6. The van der Waals surface area contributed by atoms with Gasteiger partial charge in [0.05, 0.1) is 18.1 Å². The molecule has 1 aliphatic heterocycles.